The molecule has 2 amide bonds. The van der Waals surface area contributed by atoms with Gasteiger partial charge in [0.15, 0.2) is 0 Å². The lowest BCUT2D eigenvalue weighted by Crippen LogP contribution is -2.52. The standard InChI is InChI=1S/C20H20N4O5S2/c25-18(13-21-19(26)14-4-2-1-3-5-14)23-8-10-24(11-9-23)31(28,29)15-6-7-16-17(12-15)30-20(27)22-16/h1-7,12H,8-11,13H2,(H,21,26)(H,22,27). The highest BCUT2D eigenvalue weighted by atomic mass is 32.2. The van der Waals surface area contributed by atoms with Crippen molar-refractivity contribution in [2.24, 2.45) is 0 Å². The van der Waals surface area contributed by atoms with E-state index in [2.05, 4.69) is 10.3 Å². The van der Waals surface area contributed by atoms with Crippen LogP contribution < -0.4 is 10.2 Å². The summed E-state index contributed by atoms with van der Waals surface area (Å²) >= 11 is 0.958. The van der Waals surface area contributed by atoms with E-state index in [0.29, 0.717) is 15.8 Å². The van der Waals surface area contributed by atoms with Gasteiger partial charge in [0.25, 0.3) is 5.91 Å². The Balaban J connectivity index is 1.35. The van der Waals surface area contributed by atoms with Gasteiger partial charge in [-0.3, -0.25) is 14.4 Å². The molecule has 2 aromatic carbocycles. The number of hydrogen-bond acceptors (Lipinski definition) is 6. The van der Waals surface area contributed by atoms with Gasteiger partial charge in [-0.15, -0.1) is 0 Å². The number of fused-ring (bicyclic) bond motifs is 1. The molecule has 2 heterocycles. The number of carbonyl (C=O) groups excluding carboxylic acids is 2. The van der Waals surface area contributed by atoms with Gasteiger partial charge in [0.1, 0.15) is 0 Å². The lowest BCUT2D eigenvalue weighted by atomic mass is 10.2. The minimum Gasteiger partial charge on any atom is -0.343 e. The van der Waals surface area contributed by atoms with E-state index in [1.54, 1.807) is 41.3 Å². The normalized spacial score (nSPS) is 15.2. The van der Waals surface area contributed by atoms with Crippen LogP contribution in [0.5, 0.6) is 0 Å². The van der Waals surface area contributed by atoms with Crippen LogP contribution in [-0.2, 0) is 14.8 Å². The number of aromatic amines is 1. The van der Waals surface area contributed by atoms with Crippen molar-refractivity contribution in [3.63, 3.8) is 0 Å². The van der Waals surface area contributed by atoms with Gasteiger partial charge in [-0.05, 0) is 30.3 Å². The van der Waals surface area contributed by atoms with Crippen LogP contribution in [-0.4, -0.2) is 67.1 Å². The lowest BCUT2D eigenvalue weighted by Gasteiger charge is -2.34. The summed E-state index contributed by atoms with van der Waals surface area (Å²) in [6.07, 6.45) is 0. The number of sulfonamides is 1. The Morgan fingerprint density at radius 1 is 1.03 bits per heavy atom. The van der Waals surface area contributed by atoms with E-state index < -0.39 is 10.0 Å². The largest absolute Gasteiger partial charge is 0.343 e. The molecule has 1 aliphatic rings. The van der Waals surface area contributed by atoms with Gasteiger partial charge >= 0.3 is 4.87 Å². The first-order valence-electron chi connectivity index (χ1n) is 9.58. The number of aromatic nitrogens is 1. The minimum absolute atomic E-state index is 0.116. The SMILES string of the molecule is O=C(NCC(=O)N1CCN(S(=O)(=O)c2ccc3[nH]c(=O)sc3c2)CC1)c1ccccc1. The molecular formula is C20H20N4O5S2. The van der Waals surface area contributed by atoms with Gasteiger partial charge in [0, 0.05) is 31.7 Å². The third-order valence-electron chi connectivity index (χ3n) is 5.06. The molecule has 0 saturated carbocycles. The fourth-order valence-corrected chi connectivity index (χ4v) is 5.67. The molecule has 0 radical (unpaired) electrons. The molecule has 0 aliphatic carbocycles. The molecule has 31 heavy (non-hydrogen) atoms. The molecule has 4 rings (SSSR count). The zero-order valence-corrected chi connectivity index (χ0v) is 18.0. The highest BCUT2D eigenvalue weighted by Gasteiger charge is 2.30. The summed E-state index contributed by atoms with van der Waals surface area (Å²) < 4.78 is 27.8. The summed E-state index contributed by atoms with van der Waals surface area (Å²) in [5.74, 6) is -0.600. The Hall–Kier alpha value is -3.02. The molecule has 1 aliphatic heterocycles. The average Bonchev–Trinajstić information content (AvgIpc) is 3.17. The number of hydrogen-bond donors (Lipinski definition) is 2. The first-order valence-corrected chi connectivity index (χ1v) is 11.8. The second kappa shape index (κ2) is 8.61. The number of amides is 2. The molecular weight excluding hydrogens is 440 g/mol. The fraction of sp³-hybridized carbons (Fsp3) is 0.250. The molecule has 1 fully saturated rings. The molecule has 162 valence electrons. The van der Waals surface area contributed by atoms with Gasteiger partial charge < -0.3 is 15.2 Å². The number of nitrogens with one attached hydrogen (secondary N) is 2. The van der Waals surface area contributed by atoms with Crippen molar-refractivity contribution in [3.8, 4) is 0 Å². The van der Waals surface area contributed by atoms with Gasteiger partial charge in [0.2, 0.25) is 15.9 Å². The minimum atomic E-state index is -3.74. The van der Waals surface area contributed by atoms with Crippen molar-refractivity contribution < 1.29 is 18.0 Å². The first-order chi connectivity index (χ1) is 14.8. The van der Waals surface area contributed by atoms with Gasteiger partial charge in [-0.25, -0.2) is 8.42 Å². The third-order valence-corrected chi connectivity index (χ3v) is 7.80. The molecule has 9 nitrogen and oxygen atoms in total. The van der Waals surface area contributed by atoms with Crippen molar-refractivity contribution in [2.75, 3.05) is 32.7 Å². The Kier molecular flexibility index (Phi) is 5.90. The van der Waals surface area contributed by atoms with Crippen LogP contribution in [0.1, 0.15) is 10.4 Å². The summed E-state index contributed by atoms with van der Waals surface area (Å²) in [6.45, 7) is 0.631. The smallest absolute Gasteiger partial charge is 0.305 e. The van der Waals surface area contributed by atoms with Crippen LogP contribution >= 0.6 is 11.3 Å². The van der Waals surface area contributed by atoms with E-state index in [4.69, 9.17) is 0 Å². The van der Waals surface area contributed by atoms with E-state index in [1.807, 2.05) is 0 Å². The molecule has 2 N–H and O–H groups in total. The molecule has 0 atom stereocenters. The number of rotatable bonds is 5. The van der Waals surface area contributed by atoms with E-state index in [0.717, 1.165) is 11.3 Å². The number of carbonyl (C=O) groups is 2. The van der Waals surface area contributed by atoms with Crippen molar-refractivity contribution in [1.29, 1.82) is 0 Å². The van der Waals surface area contributed by atoms with Crippen molar-refractivity contribution in [3.05, 3.63) is 63.8 Å². The number of H-pyrrole nitrogens is 1. The molecule has 3 aromatic rings. The molecule has 0 unspecified atom stereocenters. The van der Waals surface area contributed by atoms with Crippen molar-refractivity contribution in [1.82, 2.24) is 19.5 Å². The van der Waals surface area contributed by atoms with Crippen LogP contribution in [0.2, 0.25) is 0 Å². The summed E-state index contributed by atoms with van der Waals surface area (Å²) in [7, 11) is -3.74. The average molecular weight is 461 g/mol. The molecule has 1 saturated heterocycles. The Morgan fingerprint density at radius 2 is 1.74 bits per heavy atom. The van der Waals surface area contributed by atoms with Crippen LogP contribution in [0.4, 0.5) is 0 Å². The monoisotopic (exact) mass is 460 g/mol. The van der Waals surface area contributed by atoms with Gasteiger partial charge in [0.05, 0.1) is 21.7 Å². The predicted molar refractivity (Wildman–Crippen MR) is 117 cm³/mol. The van der Waals surface area contributed by atoms with E-state index in [-0.39, 0.29) is 54.3 Å². The molecule has 0 spiro atoms. The molecule has 0 bridgehead atoms. The maximum absolute atomic E-state index is 13.0. The summed E-state index contributed by atoms with van der Waals surface area (Å²) in [5, 5.41) is 2.59. The second-order valence-electron chi connectivity index (χ2n) is 7.01. The highest BCUT2D eigenvalue weighted by molar-refractivity contribution is 7.89. The molecule has 11 heteroatoms. The first kappa shape index (κ1) is 21.2. The zero-order valence-electron chi connectivity index (χ0n) is 16.4. The van der Waals surface area contributed by atoms with Gasteiger partial charge in [-0.2, -0.15) is 4.31 Å². The Bertz CT molecular complexity index is 1280. The zero-order chi connectivity index (χ0) is 22.0. The number of thiazole rings is 1. The third kappa shape index (κ3) is 4.53. The lowest BCUT2D eigenvalue weighted by molar-refractivity contribution is -0.131. The maximum atomic E-state index is 13.0. The van der Waals surface area contributed by atoms with Crippen molar-refractivity contribution in [2.45, 2.75) is 4.90 Å². The van der Waals surface area contributed by atoms with E-state index >= 15 is 0 Å². The summed E-state index contributed by atoms with van der Waals surface area (Å²) in [5.41, 5.74) is 1.07. The van der Waals surface area contributed by atoms with E-state index in [9.17, 15) is 22.8 Å². The van der Waals surface area contributed by atoms with E-state index in [1.165, 1.54) is 16.4 Å². The van der Waals surface area contributed by atoms with Crippen LogP contribution in [0.15, 0.2) is 58.2 Å². The molecule has 1 aromatic heterocycles. The van der Waals surface area contributed by atoms with Crippen LogP contribution in [0.3, 0.4) is 0 Å². The Labute approximate surface area is 182 Å². The van der Waals surface area contributed by atoms with Crippen LogP contribution in [0.25, 0.3) is 10.2 Å². The second-order valence-corrected chi connectivity index (χ2v) is 9.96. The topological polar surface area (TPSA) is 120 Å². The quantitative estimate of drug-likeness (QED) is 0.585. The van der Waals surface area contributed by atoms with Gasteiger partial charge in [-0.1, -0.05) is 29.5 Å². The summed E-state index contributed by atoms with van der Waals surface area (Å²) in [6, 6.07) is 13.1. The number of benzene rings is 2. The number of nitrogens with zero attached hydrogens (tertiary/aromatic N) is 2. The van der Waals surface area contributed by atoms with Crippen molar-refractivity contribution >= 4 is 43.4 Å². The maximum Gasteiger partial charge on any atom is 0.305 e. The predicted octanol–water partition coefficient (Wildman–Crippen LogP) is 0.853. The fourth-order valence-electron chi connectivity index (χ4n) is 3.37. The van der Waals surface area contributed by atoms with Crippen LogP contribution in [0, 0.1) is 0 Å². The number of piperazine rings is 1. The highest BCUT2D eigenvalue weighted by Crippen LogP contribution is 2.23. The summed E-state index contributed by atoms with van der Waals surface area (Å²) in [4.78, 5) is 40.0. The Morgan fingerprint density at radius 3 is 2.45 bits per heavy atom.